The number of nitrogens with zero attached hydrogens (tertiary/aromatic N) is 4. The van der Waals surface area contributed by atoms with Crippen molar-refractivity contribution in [1.29, 1.82) is 0 Å². The van der Waals surface area contributed by atoms with Gasteiger partial charge in [0.2, 0.25) is 0 Å². The normalized spacial score (nSPS) is 12.8. The Morgan fingerprint density at radius 2 is 0.738 bits per heavy atom. The minimum atomic E-state index is 0.647. The van der Waals surface area contributed by atoms with Gasteiger partial charge in [0.1, 0.15) is 5.82 Å². The van der Waals surface area contributed by atoms with Gasteiger partial charge in [-0.3, -0.25) is 0 Å². The summed E-state index contributed by atoms with van der Waals surface area (Å²) in [6.07, 6.45) is 2.16. The zero-order valence-electron chi connectivity index (χ0n) is 33.4. The van der Waals surface area contributed by atoms with E-state index in [-0.39, 0.29) is 0 Å². The van der Waals surface area contributed by atoms with Gasteiger partial charge in [-0.1, -0.05) is 158 Å². The zero-order valence-corrected chi connectivity index (χ0v) is 33.4. The maximum atomic E-state index is 5.40. The van der Waals surface area contributed by atoms with Crippen LogP contribution in [-0.2, 0) is 0 Å². The second-order valence-corrected chi connectivity index (χ2v) is 14.8. The minimum Gasteiger partial charge on any atom is -0.339 e. The smallest absolute Gasteiger partial charge is 0.162 e. The fourth-order valence-corrected chi connectivity index (χ4v) is 7.88. The molecular weight excluding hydrogens is 743 g/mol. The Kier molecular flexibility index (Phi) is 10.3. The van der Waals surface area contributed by atoms with Crippen molar-refractivity contribution in [3.8, 4) is 22.4 Å². The topological polar surface area (TPSA) is 47.0 Å². The number of hydrogen-bond donors (Lipinski definition) is 1. The summed E-state index contributed by atoms with van der Waals surface area (Å²) in [5, 5.41) is 0. The van der Waals surface area contributed by atoms with Crippen LogP contribution in [-0.4, -0.2) is 16.5 Å². The second-order valence-electron chi connectivity index (χ2n) is 14.8. The molecule has 0 amide bonds. The summed E-state index contributed by atoms with van der Waals surface area (Å²) in [6.45, 7) is 0. The average Bonchev–Trinajstić information content (AvgIpc) is 3.97. The first kappa shape index (κ1) is 37.0. The Morgan fingerprint density at radius 1 is 0.361 bits per heavy atom. The lowest BCUT2D eigenvalue weighted by Crippen LogP contribution is -2.09. The third-order valence-electron chi connectivity index (χ3n) is 10.8. The molecule has 0 unspecified atom stereocenters. The van der Waals surface area contributed by atoms with E-state index in [4.69, 9.17) is 9.98 Å². The van der Waals surface area contributed by atoms with Crippen molar-refractivity contribution in [3.05, 3.63) is 254 Å². The van der Waals surface area contributed by atoms with E-state index < -0.39 is 0 Å². The van der Waals surface area contributed by atoms with Crippen LogP contribution < -0.4 is 9.80 Å². The van der Waals surface area contributed by atoms with Crippen LogP contribution >= 0.6 is 0 Å². The van der Waals surface area contributed by atoms with Gasteiger partial charge in [-0.2, -0.15) is 0 Å². The largest absolute Gasteiger partial charge is 0.339 e. The first-order chi connectivity index (χ1) is 30.2. The number of rotatable bonds is 11. The number of benzene rings is 8. The van der Waals surface area contributed by atoms with E-state index in [2.05, 4.69) is 209 Å². The number of nitrogens with one attached hydrogen (secondary N) is 1. The lowest BCUT2D eigenvalue weighted by Gasteiger charge is -2.25. The third-order valence-corrected chi connectivity index (χ3v) is 10.8. The molecule has 61 heavy (non-hydrogen) atoms. The van der Waals surface area contributed by atoms with Crippen molar-refractivity contribution >= 4 is 57.1 Å². The van der Waals surface area contributed by atoms with Crippen molar-refractivity contribution in [2.75, 3.05) is 9.80 Å². The predicted octanol–water partition coefficient (Wildman–Crippen LogP) is 14.9. The van der Waals surface area contributed by atoms with Crippen molar-refractivity contribution in [2.45, 2.75) is 0 Å². The van der Waals surface area contributed by atoms with Gasteiger partial charge in [0, 0.05) is 56.5 Å². The maximum absolute atomic E-state index is 5.40. The first-order valence-electron chi connectivity index (χ1n) is 20.5. The Morgan fingerprint density at radius 3 is 1.18 bits per heavy atom. The van der Waals surface area contributed by atoms with Crippen LogP contribution in [0.25, 0.3) is 28.0 Å². The number of hydrogen-bond acceptors (Lipinski definition) is 3. The van der Waals surface area contributed by atoms with Crippen LogP contribution in [0.1, 0.15) is 11.1 Å². The summed E-state index contributed by atoms with van der Waals surface area (Å²) in [5.41, 5.74) is 14.5. The number of amidine groups is 1. The zero-order chi connectivity index (χ0) is 40.8. The second kappa shape index (κ2) is 16.9. The molecule has 0 radical (unpaired) electrons. The number of anilines is 6. The molecule has 0 atom stereocenters. The highest BCUT2D eigenvalue weighted by molar-refractivity contribution is 6.38. The van der Waals surface area contributed by atoms with Gasteiger partial charge in [0.15, 0.2) is 5.84 Å². The monoisotopic (exact) mass is 783 g/mol. The number of allylic oxidation sites excluding steroid dienone is 1. The van der Waals surface area contributed by atoms with Gasteiger partial charge in [-0.15, -0.1) is 0 Å². The number of aromatic amines is 1. The summed E-state index contributed by atoms with van der Waals surface area (Å²) < 4.78 is 0. The molecule has 10 rings (SSSR count). The number of para-hydroxylation sites is 4. The van der Waals surface area contributed by atoms with Gasteiger partial charge in [-0.25, -0.2) is 9.98 Å². The molecule has 0 saturated carbocycles. The lowest BCUT2D eigenvalue weighted by molar-refractivity contribution is 1.28. The molecule has 2 heterocycles. The molecular formula is C56H41N5. The van der Waals surface area contributed by atoms with Gasteiger partial charge in [-0.05, 0) is 102 Å². The number of aliphatic imine (C=N–C) groups is 2. The Labute approximate surface area is 356 Å². The fraction of sp³-hybridized carbons (Fsp3) is 0. The SMILES string of the molecule is C1=C(c2ccc(N(c3ccccc3)c3ccccc3)cc2)/C(=N/c2[nH]c(-c3ccccc3)cc2-c2ccc(N(c3ccccc3)c3ccccc3)cc2)N=C1c1ccccc1. The molecule has 1 N–H and O–H groups in total. The van der Waals surface area contributed by atoms with Crippen LogP contribution in [0.2, 0.25) is 0 Å². The van der Waals surface area contributed by atoms with E-state index in [0.29, 0.717) is 5.84 Å². The van der Waals surface area contributed by atoms with Crippen molar-refractivity contribution in [2.24, 2.45) is 9.98 Å². The molecule has 290 valence electrons. The predicted molar refractivity (Wildman–Crippen MR) is 256 cm³/mol. The molecule has 5 heteroatoms. The minimum absolute atomic E-state index is 0.647. The van der Waals surface area contributed by atoms with Gasteiger partial charge >= 0.3 is 0 Å². The molecule has 0 saturated heterocycles. The summed E-state index contributed by atoms with van der Waals surface area (Å²) >= 11 is 0. The van der Waals surface area contributed by atoms with E-state index in [9.17, 15) is 0 Å². The van der Waals surface area contributed by atoms with Crippen molar-refractivity contribution < 1.29 is 0 Å². The number of H-pyrrole nitrogens is 1. The molecule has 0 fully saturated rings. The highest BCUT2D eigenvalue weighted by Crippen LogP contribution is 2.41. The van der Waals surface area contributed by atoms with E-state index in [1.807, 2.05) is 48.5 Å². The summed E-state index contributed by atoms with van der Waals surface area (Å²) in [7, 11) is 0. The van der Waals surface area contributed by atoms with E-state index in [1.54, 1.807) is 0 Å². The molecule has 5 nitrogen and oxygen atoms in total. The van der Waals surface area contributed by atoms with Crippen LogP contribution in [0.4, 0.5) is 39.9 Å². The molecule has 0 bridgehead atoms. The van der Waals surface area contributed by atoms with Crippen LogP contribution in [0.3, 0.4) is 0 Å². The van der Waals surface area contributed by atoms with Crippen molar-refractivity contribution in [1.82, 2.24) is 4.98 Å². The third kappa shape index (κ3) is 7.84. The summed E-state index contributed by atoms with van der Waals surface area (Å²) in [4.78, 5) is 18.9. The van der Waals surface area contributed by atoms with Crippen LogP contribution in [0.5, 0.6) is 0 Å². The summed E-state index contributed by atoms with van der Waals surface area (Å²) in [5.74, 6) is 1.39. The lowest BCUT2D eigenvalue weighted by atomic mass is 10.0. The molecule has 0 spiro atoms. The van der Waals surface area contributed by atoms with Gasteiger partial charge < -0.3 is 14.8 Å². The Hall–Kier alpha value is -8.28. The van der Waals surface area contributed by atoms with E-state index in [0.717, 1.165) is 84.7 Å². The standard InChI is InChI=1S/C56H41N5/c1-7-19-43(20-8-1)53-39-51(41-31-35-49(36-32-41)60(45-23-11-3-12-24-45)46-25-13-4-14-26-46)55(57-53)59-56-52(40-54(58-56)44-21-9-2-10-22-44)42-33-37-50(38-34-42)61(47-27-15-5-16-28-47)48-29-17-6-18-30-48/h1-40,57H/b59-56-. The van der Waals surface area contributed by atoms with Crippen LogP contribution in [0, 0.1) is 0 Å². The average molecular weight is 784 g/mol. The van der Waals surface area contributed by atoms with E-state index in [1.165, 1.54) is 0 Å². The molecule has 8 aromatic carbocycles. The van der Waals surface area contributed by atoms with Crippen LogP contribution in [0.15, 0.2) is 253 Å². The highest BCUT2D eigenvalue weighted by atomic mass is 15.1. The highest BCUT2D eigenvalue weighted by Gasteiger charge is 2.22. The Bertz CT molecular complexity index is 2880. The Balaban J connectivity index is 1.06. The van der Waals surface area contributed by atoms with Crippen molar-refractivity contribution in [3.63, 3.8) is 0 Å². The van der Waals surface area contributed by atoms with E-state index >= 15 is 0 Å². The number of aromatic nitrogens is 1. The maximum Gasteiger partial charge on any atom is 0.162 e. The summed E-state index contributed by atoms with van der Waals surface area (Å²) in [6, 6.07) is 82.3. The fourth-order valence-electron chi connectivity index (χ4n) is 7.88. The molecule has 9 aromatic rings. The molecule has 1 aromatic heterocycles. The quantitative estimate of drug-likeness (QED) is 0.142. The molecule has 0 aliphatic carbocycles. The molecule has 1 aliphatic heterocycles. The molecule has 1 aliphatic rings. The first-order valence-corrected chi connectivity index (χ1v) is 20.5. The van der Waals surface area contributed by atoms with Gasteiger partial charge in [0.05, 0.1) is 5.71 Å². The van der Waals surface area contributed by atoms with Gasteiger partial charge in [0.25, 0.3) is 0 Å².